The zero-order valence-electron chi connectivity index (χ0n) is 20.3. The van der Waals surface area contributed by atoms with Crippen molar-refractivity contribution in [2.45, 2.75) is 19.8 Å². The average Bonchev–Trinajstić information content (AvgIpc) is 2.86. The number of hydrogen-bond acceptors (Lipinski definition) is 8. The number of fused-ring (bicyclic) bond motifs is 1. The Kier molecular flexibility index (Phi) is 8.04. The van der Waals surface area contributed by atoms with Crippen molar-refractivity contribution >= 4 is 18.0 Å². The minimum atomic E-state index is -0.942. The minimum absolute atomic E-state index is 0.170. The van der Waals surface area contributed by atoms with Crippen molar-refractivity contribution in [3.05, 3.63) is 52.6 Å². The van der Waals surface area contributed by atoms with E-state index in [9.17, 15) is 9.59 Å². The van der Waals surface area contributed by atoms with E-state index < -0.39 is 23.8 Å². The van der Waals surface area contributed by atoms with E-state index in [1.165, 1.54) is 14.2 Å². The summed E-state index contributed by atoms with van der Waals surface area (Å²) >= 11 is 0. The molecule has 0 heterocycles. The molecule has 2 aromatic carbocycles. The van der Waals surface area contributed by atoms with Crippen LogP contribution in [-0.2, 0) is 19.1 Å². The first kappa shape index (κ1) is 25.0. The Morgan fingerprint density at radius 1 is 0.765 bits per heavy atom. The molecule has 0 bridgehead atoms. The van der Waals surface area contributed by atoms with Gasteiger partial charge in [-0.05, 0) is 60.9 Å². The number of carbonyl (C=O) groups excluding carboxylic acids is 2. The molecule has 8 nitrogen and oxygen atoms in total. The highest BCUT2D eigenvalue weighted by Gasteiger charge is 2.43. The standard InChI is InChI=1S/C26H30O8/c1-7-33-25(27)18-11-16-13-21(31-5)22(32-6)14-17(16)23(24(18)26(28)34-8-2)15-9-10-19(29-3)20(12-15)30-4/h9-14,23-24H,7-8H2,1-6H3/t23-,24-/m1/s1. The fraction of sp³-hybridized carbons (Fsp3) is 0.385. The van der Waals surface area contributed by atoms with Gasteiger partial charge >= 0.3 is 11.9 Å². The van der Waals surface area contributed by atoms with Gasteiger partial charge in [-0.1, -0.05) is 6.07 Å². The molecule has 0 aromatic heterocycles. The number of methoxy groups -OCH3 is 4. The smallest absolute Gasteiger partial charge is 0.334 e. The third kappa shape index (κ3) is 4.66. The summed E-state index contributed by atoms with van der Waals surface area (Å²) in [6.07, 6.45) is 1.66. The molecule has 0 fully saturated rings. The van der Waals surface area contributed by atoms with Gasteiger partial charge in [0.05, 0.1) is 53.1 Å². The molecule has 0 saturated carbocycles. The van der Waals surface area contributed by atoms with Gasteiger partial charge in [0, 0.05) is 5.92 Å². The first-order chi connectivity index (χ1) is 16.4. The topological polar surface area (TPSA) is 89.5 Å². The summed E-state index contributed by atoms with van der Waals surface area (Å²) in [7, 11) is 6.17. The van der Waals surface area contributed by atoms with E-state index in [2.05, 4.69) is 0 Å². The molecular formula is C26H30O8. The van der Waals surface area contributed by atoms with Gasteiger partial charge in [0.2, 0.25) is 0 Å². The third-order valence-electron chi connectivity index (χ3n) is 5.72. The molecule has 0 unspecified atom stereocenters. The Hall–Kier alpha value is -3.68. The molecule has 182 valence electrons. The molecular weight excluding hydrogens is 440 g/mol. The lowest BCUT2D eigenvalue weighted by Gasteiger charge is -2.33. The van der Waals surface area contributed by atoms with E-state index in [4.69, 9.17) is 28.4 Å². The van der Waals surface area contributed by atoms with E-state index in [1.54, 1.807) is 52.3 Å². The maximum absolute atomic E-state index is 13.3. The molecule has 1 aliphatic rings. The first-order valence-electron chi connectivity index (χ1n) is 11.0. The summed E-state index contributed by atoms with van der Waals surface area (Å²) < 4.78 is 32.6. The fourth-order valence-electron chi connectivity index (χ4n) is 4.23. The Labute approximate surface area is 199 Å². The lowest BCUT2D eigenvalue weighted by atomic mass is 9.71. The second kappa shape index (κ2) is 11.0. The highest BCUT2D eigenvalue weighted by Crippen LogP contribution is 2.48. The van der Waals surface area contributed by atoms with Crippen molar-refractivity contribution in [1.82, 2.24) is 0 Å². The molecule has 0 saturated heterocycles. The maximum Gasteiger partial charge on any atom is 0.334 e. The summed E-state index contributed by atoms with van der Waals surface area (Å²) in [5.74, 6) is -0.585. The monoisotopic (exact) mass is 470 g/mol. The number of rotatable bonds is 9. The van der Waals surface area contributed by atoms with Crippen LogP contribution in [-0.4, -0.2) is 53.6 Å². The molecule has 8 heteroatoms. The second-order valence-electron chi connectivity index (χ2n) is 7.48. The van der Waals surface area contributed by atoms with Crippen molar-refractivity contribution in [2.75, 3.05) is 41.7 Å². The summed E-state index contributed by atoms with van der Waals surface area (Å²) in [6, 6.07) is 9.00. The van der Waals surface area contributed by atoms with Gasteiger partial charge in [0.1, 0.15) is 0 Å². The van der Waals surface area contributed by atoms with Gasteiger partial charge in [-0.25, -0.2) is 4.79 Å². The molecule has 0 amide bonds. The molecule has 34 heavy (non-hydrogen) atoms. The fourth-order valence-corrected chi connectivity index (χ4v) is 4.23. The van der Waals surface area contributed by atoms with Crippen LogP contribution in [0.2, 0.25) is 0 Å². The Balaban J connectivity index is 2.33. The van der Waals surface area contributed by atoms with E-state index in [0.717, 1.165) is 11.1 Å². The van der Waals surface area contributed by atoms with E-state index in [1.807, 2.05) is 12.1 Å². The number of carbonyl (C=O) groups is 2. The normalized spacial score (nSPS) is 16.6. The van der Waals surface area contributed by atoms with Crippen molar-refractivity contribution in [3.63, 3.8) is 0 Å². The lowest BCUT2D eigenvalue weighted by Crippen LogP contribution is -2.33. The van der Waals surface area contributed by atoms with Crippen molar-refractivity contribution in [2.24, 2.45) is 5.92 Å². The van der Waals surface area contributed by atoms with Crippen LogP contribution in [0, 0.1) is 5.92 Å². The lowest BCUT2D eigenvalue weighted by molar-refractivity contribution is -0.150. The Morgan fingerprint density at radius 2 is 1.35 bits per heavy atom. The molecule has 2 atom stereocenters. The molecule has 0 aliphatic heterocycles. The predicted octanol–water partition coefficient (Wildman–Crippen LogP) is 3.99. The quantitative estimate of drug-likeness (QED) is 0.508. The summed E-state index contributed by atoms with van der Waals surface area (Å²) in [6.45, 7) is 3.78. The Morgan fingerprint density at radius 3 is 1.94 bits per heavy atom. The van der Waals surface area contributed by atoms with Crippen molar-refractivity contribution in [3.8, 4) is 23.0 Å². The van der Waals surface area contributed by atoms with Gasteiger partial charge < -0.3 is 28.4 Å². The van der Waals surface area contributed by atoms with E-state index in [-0.39, 0.29) is 18.8 Å². The number of esters is 2. The predicted molar refractivity (Wildman–Crippen MR) is 126 cm³/mol. The van der Waals surface area contributed by atoms with Crippen LogP contribution in [0.3, 0.4) is 0 Å². The summed E-state index contributed by atoms with van der Waals surface area (Å²) in [4.78, 5) is 26.3. The minimum Gasteiger partial charge on any atom is -0.493 e. The van der Waals surface area contributed by atoms with Crippen molar-refractivity contribution < 1.29 is 38.0 Å². The van der Waals surface area contributed by atoms with Crippen LogP contribution in [0.1, 0.15) is 36.5 Å². The summed E-state index contributed by atoms with van der Waals surface area (Å²) in [5.41, 5.74) is 2.43. The van der Waals surface area contributed by atoms with Crippen LogP contribution in [0.5, 0.6) is 23.0 Å². The largest absolute Gasteiger partial charge is 0.493 e. The molecule has 1 aliphatic carbocycles. The number of hydrogen-bond donors (Lipinski definition) is 0. The maximum atomic E-state index is 13.3. The van der Waals surface area contributed by atoms with E-state index >= 15 is 0 Å². The van der Waals surface area contributed by atoms with Gasteiger partial charge in [-0.3, -0.25) is 4.79 Å². The third-order valence-corrected chi connectivity index (χ3v) is 5.72. The number of benzene rings is 2. The molecule has 0 spiro atoms. The van der Waals surface area contributed by atoms with Crippen LogP contribution < -0.4 is 18.9 Å². The van der Waals surface area contributed by atoms with Crippen molar-refractivity contribution in [1.29, 1.82) is 0 Å². The SMILES string of the molecule is CCOC(=O)C1=Cc2cc(OC)c(OC)cc2[C@@H](c2ccc(OC)c(OC)c2)[C@@H]1C(=O)OCC. The van der Waals surface area contributed by atoms with E-state index in [0.29, 0.717) is 28.6 Å². The van der Waals surface area contributed by atoms with Crippen LogP contribution in [0.25, 0.3) is 6.08 Å². The van der Waals surface area contributed by atoms with Gasteiger partial charge in [-0.2, -0.15) is 0 Å². The highest BCUT2D eigenvalue weighted by atomic mass is 16.5. The number of ether oxygens (including phenoxy) is 6. The zero-order chi connectivity index (χ0) is 24.8. The molecule has 3 rings (SSSR count). The zero-order valence-corrected chi connectivity index (χ0v) is 20.3. The van der Waals surface area contributed by atoms with Crippen LogP contribution >= 0.6 is 0 Å². The molecule has 0 N–H and O–H groups in total. The highest BCUT2D eigenvalue weighted by molar-refractivity contribution is 6.02. The van der Waals surface area contributed by atoms with Gasteiger partial charge in [-0.15, -0.1) is 0 Å². The van der Waals surface area contributed by atoms with Crippen LogP contribution in [0.4, 0.5) is 0 Å². The second-order valence-corrected chi connectivity index (χ2v) is 7.48. The molecule has 0 radical (unpaired) electrons. The summed E-state index contributed by atoms with van der Waals surface area (Å²) in [5, 5.41) is 0. The van der Waals surface area contributed by atoms with Crippen LogP contribution in [0.15, 0.2) is 35.9 Å². The van der Waals surface area contributed by atoms with Gasteiger partial charge in [0.25, 0.3) is 0 Å². The Bertz CT molecular complexity index is 1090. The molecule has 2 aromatic rings. The van der Waals surface area contributed by atoms with Gasteiger partial charge in [0.15, 0.2) is 23.0 Å². The average molecular weight is 471 g/mol. The first-order valence-corrected chi connectivity index (χ1v) is 11.0.